The Hall–Kier alpha value is -2.05. The molecule has 0 radical (unpaired) electrons. The van der Waals surface area contributed by atoms with Crippen LogP contribution in [-0.4, -0.2) is 76.5 Å². The third kappa shape index (κ3) is 4.73. The number of hydrogen-bond donors (Lipinski definition) is 3. The minimum Gasteiger partial charge on any atom is -0.394 e. The van der Waals surface area contributed by atoms with Crippen molar-refractivity contribution in [1.29, 1.82) is 0 Å². The fraction of sp³-hybridized carbons (Fsp3) is 0.738. The van der Waals surface area contributed by atoms with E-state index in [-0.39, 0.29) is 72.3 Å². The van der Waals surface area contributed by atoms with Gasteiger partial charge < -0.3 is 29.5 Å². The lowest BCUT2D eigenvalue weighted by molar-refractivity contribution is -0.209. The molecular formula is C42H56O7. The zero-order valence-electron chi connectivity index (χ0n) is 30.0. The molecule has 0 unspecified atom stereocenters. The van der Waals surface area contributed by atoms with Crippen molar-refractivity contribution in [1.82, 2.24) is 0 Å². The minimum atomic E-state index is -1.48. The monoisotopic (exact) mass is 672 g/mol. The highest BCUT2D eigenvalue weighted by Crippen LogP contribution is 2.74. The largest absolute Gasteiger partial charge is 0.394 e. The summed E-state index contributed by atoms with van der Waals surface area (Å²) in [5.41, 5.74) is 0.375. The molecule has 5 aliphatic carbocycles. The number of fused-ring (bicyclic) bond motifs is 1. The number of allylic oxidation sites excluding steroid dienone is 1. The van der Waals surface area contributed by atoms with Crippen molar-refractivity contribution in [2.24, 2.45) is 46.3 Å². The Labute approximate surface area is 292 Å². The molecule has 1 aromatic rings. The van der Waals surface area contributed by atoms with Gasteiger partial charge in [0, 0.05) is 11.3 Å². The second kappa shape index (κ2) is 12.0. The van der Waals surface area contributed by atoms with Crippen LogP contribution < -0.4 is 0 Å². The molecule has 4 fully saturated rings. The Bertz CT molecular complexity index is 1560. The van der Waals surface area contributed by atoms with Crippen molar-refractivity contribution in [2.45, 2.75) is 128 Å². The molecule has 3 N–H and O–H groups in total. The number of hydrogen-bond acceptors (Lipinski definition) is 7. The molecule has 49 heavy (non-hydrogen) atoms. The number of rotatable bonds is 5. The van der Waals surface area contributed by atoms with Gasteiger partial charge in [0.15, 0.2) is 5.78 Å². The summed E-state index contributed by atoms with van der Waals surface area (Å²) in [6, 6.07) is 10.3. The first kappa shape index (κ1) is 34.1. The van der Waals surface area contributed by atoms with E-state index in [1.54, 1.807) is 6.92 Å². The van der Waals surface area contributed by atoms with Gasteiger partial charge in [-0.3, -0.25) is 4.79 Å². The van der Waals surface area contributed by atoms with Crippen LogP contribution in [0, 0.1) is 58.2 Å². The van der Waals surface area contributed by atoms with Crippen LogP contribution in [0.3, 0.4) is 0 Å². The number of aliphatic hydroxyl groups is 3. The van der Waals surface area contributed by atoms with Gasteiger partial charge in [0.25, 0.3) is 0 Å². The van der Waals surface area contributed by atoms with Crippen molar-refractivity contribution in [3.05, 3.63) is 47.0 Å². The van der Waals surface area contributed by atoms with E-state index in [1.165, 1.54) is 5.57 Å². The number of Topliss-reactive ketones (excluding diaryl/α,β-unsaturated/α-hetero) is 1. The van der Waals surface area contributed by atoms with Crippen LogP contribution in [0.25, 0.3) is 0 Å². The fourth-order valence-corrected chi connectivity index (χ4v) is 12.7. The van der Waals surface area contributed by atoms with Gasteiger partial charge >= 0.3 is 0 Å². The molecule has 4 aliphatic heterocycles. The predicted octanol–water partition coefficient (Wildman–Crippen LogP) is 5.60. The standard InChI is InChI=1S/C42H56O7/c1-24-25(2)37(49-33(24)22-43)38(45)41(5,46)34-20-28-13-14-30-35-31-16-18-40(34,4)42(28,35)48-19-9-12-27(26-10-7-6-8-11-26)23-47-29-15-17-39(31,3)32(21-29)36(30)44/h6-8,10-11,24-25,27-29,31-34,37-38,43,45-46H,13-23H2,1-5H3/t24-,25+,27+,28-,29-,31-,32-,33-,34+,37-,38+,39-,40+,41-,42-/m0/s1. The summed E-state index contributed by atoms with van der Waals surface area (Å²) in [5, 5.41) is 34.7. The summed E-state index contributed by atoms with van der Waals surface area (Å²) < 4.78 is 20.2. The Morgan fingerprint density at radius 2 is 1.82 bits per heavy atom. The van der Waals surface area contributed by atoms with E-state index in [9.17, 15) is 20.1 Å². The van der Waals surface area contributed by atoms with Crippen LogP contribution in [0.4, 0.5) is 0 Å². The van der Waals surface area contributed by atoms with Crippen LogP contribution >= 0.6 is 0 Å². The summed E-state index contributed by atoms with van der Waals surface area (Å²) in [4.78, 5) is 14.8. The lowest BCUT2D eigenvalue weighted by Crippen LogP contribution is -2.66. The lowest BCUT2D eigenvalue weighted by atomic mass is 9.42. The first-order valence-electron chi connectivity index (χ1n) is 19.1. The Balaban J connectivity index is 1.24. The maximum absolute atomic E-state index is 14.8. The van der Waals surface area contributed by atoms with Gasteiger partial charge in [-0.05, 0) is 110 Å². The van der Waals surface area contributed by atoms with Crippen molar-refractivity contribution in [3.8, 4) is 11.8 Å². The minimum absolute atomic E-state index is 0.0243. The van der Waals surface area contributed by atoms with E-state index in [1.807, 2.05) is 32.0 Å². The van der Waals surface area contributed by atoms with E-state index in [4.69, 9.17) is 14.2 Å². The van der Waals surface area contributed by atoms with E-state index in [0.717, 1.165) is 56.1 Å². The molecule has 7 bridgehead atoms. The van der Waals surface area contributed by atoms with Gasteiger partial charge in [0.05, 0.1) is 48.6 Å². The molecule has 15 atom stereocenters. The van der Waals surface area contributed by atoms with Gasteiger partial charge in [-0.2, -0.15) is 0 Å². The van der Waals surface area contributed by atoms with E-state index >= 15 is 0 Å². The molecule has 1 spiro atoms. The molecule has 7 heteroatoms. The lowest BCUT2D eigenvalue weighted by Gasteiger charge is -2.64. The van der Waals surface area contributed by atoms with Crippen LogP contribution in [0.2, 0.25) is 0 Å². The van der Waals surface area contributed by atoms with Crippen LogP contribution in [0.15, 0.2) is 41.5 Å². The smallest absolute Gasteiger partial charge is 0.162 e. The van der Waals surface area contributed by atoms with Crippen LogP contribution in [0.5, 0.6) is 0 Å². The summed E-state index contributed by atoms with van der Waals surface area (Å²) in [6.07, 6.45) is 4.61. The second-order valence-corrected chi connectivity index (χ2v) is 17.6. The molecule has 7 nitrogen and oxygen atoms in total. The van der Waals surface area contributed by atoms with Crippen LogP contribution in [0.1, 0.15) is 97.5 Å². The van der Waals surface area contributed by atoms with E-state index in [2.05, 4.69) is 37.8 Å². The fourth-order valence-electron chi connectivity index (χ4n) is 12.7. The SMILES string of the molecule is C[C@@H]1[C@H](C)[C@H](CO)O[C@@H]1[C@@H](O)[C@@](C)(O)[C@@H]1C[C@@H]2CCC3=C4[C@@H]5CC[C@@]1(C)[C@@]42OCC#C[C@@H](c1ccccc1)CO[C@H]1CC[C@]5(C)[C@@H](C1)C3=O. The molecule has 3 saturated carbocycles. The number of benzene rings is 1. The average Bonchev–Trinajstić information content (AvgIpc) is 3.54. The molecule has 9 aliphatic rings. The van der Waals surface area contributed by atoms with Gasteiger partial charge in [-0.15, -0.1) is 0 Å². The molecule has 1 aromatic carbocycles. The summed E-state index contributed by atoms with van der Waals surface area (Å²) in [7, 11) is 0. The van der Waals surface area contributed by atoms with Crippen molar-refractivity contribution in [2.75, 3.05) is 19.8 Å². The molecule has 4 heterocycles. The second-order valence-electron chi connectivity index (χ2n) is 17.6. The molecular weight excluding hydrogens is 616 g/mol. The first-order chi connectivity index (χ1) is 23.4. The highest BCUT2D eigenvalue weighted by atomic mass is 16.5. The number of aliphatic hydroxyl groups excluding tert-OH is 2. The number of ether oxygens (including phenoxy) is 3. The third-order valence-electron chi connectivity index (χ3n) is 15.6. The molecule has 10 rings (SSSR count). The number of carbonyl (C=O) groups excluding carboxylic acids is 1. The third-order valence-corrected chi connectivity index (χ3v) is 15.6. The maximum atomic E-state index is 14.8. The Morgan fingerprint density at radius 3 is 2.55 bits per heavy atom. The average molecular weight is 673 g/mol. The first-order valence-corrected chi connectivity index (χ1v) is 19.1. The Kier molecular flexibility index (Phi) is 8.34. The number of carbonyl (C=O) groups is 1. The quantitative estimate of drug-likeness (QED) is 0.350. The Morgan fingerprint density at radius 1 is 1.04 bits per heavy atom. The summed E-state index contributed by atoms with van der Waals surface area (Å²) >= 11 is 0. The molecule has 1 saturated heterocycles. The normalized spacial score (nSPS) is 47.7. The predicted molar refractivity (Wildman–Crippen MR) is 185 cm³/mol. The zero-order chi connectivity index (χ0) is 34.5. The van der Waals surface area contributed by atoms with E-state index < -0.39 is 28.8 Å². The van der Waals surface area contributed by atoms with Crippen molar-refractivity contribution in [3.63, 3.8) is 0 Å². The van der Waals surface area contributed by atoms with Crippen molar-refractivity contribution < 1.29 is 34.3 Å². The maximum Gasteiger partial charge on any atom is 0.162 e. The van der Waals surface area contributed by atoms with Gasteiger partial charge in [0.1, 0.15) is 12.7 Å². The highest BCUT2D eigenvalue weighted by Gasteiger charge is 2.75. The number of ketones is 1. The topological polar surface area (TPSA) is 105 Å². The molecule has 266 valence electrons. The van der Waals surface area contributed by atoms with Crippen molar-refractivity contribution >= 4 is 5.78 Å². The van der Waals surface area contributed by atoms with Gasteiger partial charge in [-0.25, -0.2) is 0 Å². The molecule has 0 amide bonds. The molecule has 0 aromatic heterocycles. The van der Waals surface area contributed by atoms with Gasteiger partial charge in [-0.1, -0.05) is 69.9 Å². The highest BCUT2D eigenvalue weighted by molar-refractivity contribution is 6.00. The zero-order valence-corrected chi connectivity index (χ0v) is 30.0. The summed E-state index contributed by atoms with van der Waals surface area (Å²) in [6.45, 7) is 11.1. The van der Waals surface area contributed by atoms with E-state index in [0.29, 0.717) is 18.8 Å². The van der Waals surface area contributed by atoms with Crippen LogP contribution in [-0.2, 0) is 19.0 Å². The summed E-state index contributed by atoms with van der Waals surface area (Å²) in [5.74, 6) is 7.15. The van der Waals surface area contributed by atoms with Gasteiger partial charge in [0.2, 0.25) is 0 Å².